The van der Waals surface area contributed by atoms with Crippen LogP contribution in [0.1, 0.15) is 5.76 Å². The Kier molecular flexibility index (Phi) is 6.09. The van der Waals surface area contributed by atoms with Gasteiger partial charge in [0.2, 0.25) is 0 Å². The van der Waals surface area contributed by atoms with Crippen molar-refractivity contribution in [3.8, 4) is 11.3 Å². The van der Waals surface area contributed by atoms with Gasteiger partial charge in [0.1, 0.15) is 16.5 Å². The number of thioether (sulfide) groups is 1. The minimum Gasteiger partial charge on any atom is -0.457 e. The van der Waals surface area contributed by atoms with E-state index in [9.17, 15) is 14.9 Å². The van der Waals surface area contributed by atoms with Crippen LogP contribution in [0.15, 0.2) is 57.9 Å². The summed E-state index contributed by atoms with van der Waals surface area (Å²) in [6.07, 6.45) is 1.55. The molecule has 4 rings (SSSR count). The normalized spacial score (nSPS) is 15.2. The molecule has 1 fully saturated rings. The molecule has 1 aromatic heterocycles. The zero-order valence-corrected chi connectivity index (χ0v) is 19.1. The summed E-state index contributed by atoms with van der Waals surface area (Å²) in [4.78, 5) is 25.1. The lowest BCUT2D eigenvalue weighted by Crippen LogP contribution is -2.27. The van der Waals surface area contributed by atoms with Crippen LogP contribution in [-0.4, -0.2) is 15.2 Å². The van der Waals surface area contributed by atoms with E-state index in [0.29, 0.717) is 42.0 Å². The molecule has 3 aromatic rings. The molecular weight excluding hydrogens is 503 g/mol. The summed E-state index contributed by atoms with van der Waals surface area (Å²) in [5, 5.41) is 11.9. The molecule has 1 saturated heterocycles. The Morgan fingerprint density at radius 1 is 1.06 bits per heavy atom. The highest BCUT2D eigenvalue weighted by Crippen LogP contribution is 2.40. The van der Waals surface area contributed by atoms with Crippen LogP contribution in [-0.2, 0) is 4.79 Å². The SMILES string of the molecule is O=C1/C(=C/c2ccc(-c3ccc(Cl)c([N+](=O)[O-])c3)o2)SC(=S)N1c1ccc(Cl)cc1Cl. The van der Waals surface area contributed by atoms with Gasteiger partial charge in [0.25, 0.3) is 11.6 Å². The maximum atomic E-state index is 12.9. The summed E-state index contributed by atoms with van der Waals surface area (Å²) in [6.45, 7) is 0. The Morgan fingerprint density at radius 2 is 1.84 bits per heavy atom. The molecule has 31 heavy (non-hydrogen) atoms. The summed E-state index contributed by atoms with van der Waals surface area (Å²) < 4.78 is 6.08. The third-order valence-electron chi connectivity index (χ3n) is 4.27. The second-order valence-electron chi connectivity index (χ2n) is 6.24. The monoisotopic (exact) mass is 510 g/mol. The Balaban J connectivity index is 1.63. The Bertz CT molecular complexity index is 1290. The van der Waals surface area contributed by atoms with Crippen molar-refractivity contribution < 1.29 is 14.1 Å². The number of rotatable bonds is 4. The zero-order chi connectivity index (χ0) is 22.3. The highest BCUT2D eigenvalue weighted by molar-refractivity contribution is 8.27. The highest BCUT2D eigenvalue weighted by atomic mass is 35.5. The predicted octanol–water partition coefficient (Wildman–Crippen LogP) is 7.22. The lowest BCUT2D eigenvalue weighted by atomic mass is 10.1. The van der Waals surface area contributed by atoms with Gasteiger partial charge in [0, 0.05) is 22.7 Å². The maximum absolute atomic E-state index is 12.9. The van der Waals surface area contributed by atoms with Gasteiger partial charge >= 0.3 is 0 Å². The number of carbonyl (C=O) groups excluding carboxylic acids is 1. The Labute approximate surface area is 200 Å². The molecule has 1 aliphatic heterocycles. The number of nitro benzene ring substituents is 1. The number of hydrogen-bond acceptors (Lipinski definition) is 6. The van der Waals surface area contributed by atoms with Crippen LogP contribution in [0, 0.1) is 10.1 Å². The molecule has 0 atom stereocenters. The molecule has 0 N–H and O–H groups in total. The molecule has 0 bridgehead atoms. The van der Waals surface area contributed by atoms with E-state index in [1.165, 1.54) is 23.1 Å². The van der Waals surface area contributed by atoms with Crippen LogP contribution in [0.25, 0.3) is 17.4 Å². The number of benzene rings is 2. The number of carbonyl (C=O) groups is 1. The standard InChI is InChI=1S/C20H9Cl3N2O4S2/c21-11-2-5-15(14(23)8-11)24-19(26)18(31-20(24)30)9-12-3-6-17(29-12)10-1-4-13(22)16(7-10)25(27)28/h1-9H/b18-9-. The lowest BCUT2D eigenvalue weighted by Gasteiger charge is -2.16. The third kappa shape index (κ3) is 4.35. The summed E-state index contributed by atoms with van der Waals surface area (Å²) >= 11 is 24.5. The number of furan rings is 1. The van der Waals surface area contributed by atoms with Crippen LogP contribution in [0.4, 0.5) is 11.4 Å². The van der Waals surface area contributed by atoms with Crippen molar-refractivity contribution in [1.82, 2.24) is 0 Å². The molecule has 2 aromatic carbocycles. The van der Waals surface area contributed by atoms with E-state index in [0.717, 1.165) is 11.8 Å². The summed E-state index contributed by atoms with van der Waals surface area (Å²) in [6, 6.07) is 12.4. The van der Waals surface area contributed by atoms with Crippen molar-refractivity contribution in [3.63, 3.8) is 0 Å². The van der Waals surface area contributed by atoms with Gasteiger partial charge < -0.3 is 4.42 Å². The molecule has 156 valence electrons. The number of amides is 1. The van der Waals surface area contributed by atoms with Gasteiger partial charge in [-0.25, -0.2) is 0 Å². The molecule has 1 aliphatic rings. The predicted molar refractivity (Wildman–Crippen MR) is 128 cm³/mol. The van der Waals surface area contributed by atoms with Gasteiger partial charge in [-0.1, -0.05) is 58.8 Å². The molecular formula is C20H9Cl3N2O4S2. The van der Waals surface area contributed by atoms with E-state index >= 15 is 0 Å². The van der Waals surface area contributed by atoms with Crippen molar-refractivity contribution in [1.29, 1.82) is 0 Å². The van der Waals surface area contributed by atoms with Crippen molar-refractivity contribution in [2.45, 2.75) is 0 Å². The average molecular weight is 512 g/mol. The van der Waals surface area contributed by atoms with Crippen molar-refractivity contribution in [2.75, 3.05) is 4.90 Å². The van der Waals surface area contributed by atoms with E-state index in [-0.39, 0.29) is 16.6 Å². The Hall–Kier alpha value is -2.36. The molecule has 0 spiro atoms. The molecule has 0 unspecified atom stereocenters. The second-order valence-corrected chi connectivity index (χ2v) is 9.16. The van der Waals surface area contributed by atoms with Gasteiger partial charge in [0.05, 0.1) is 20.5 Å². The average Bonchev–Trinajstić information content (AvgIpc) is 3.28. The maximum Gasteiger partial charge on any atom is 0.288 e. The number of nitrogens with zero attached hydrogens (tertiary/aromatic N) is 2. The largest absolute Gasteiger partial charge is 0.457 e. The zero-order valence-electron chi connectivity index (χ0n) is 15.2. The van der Waals surface area contributed by atoms with Crippen LogP contribution >= 0.6 is 58.8 Å². The van der Waals surface area contributed by atoms with E-state index in [1.54, 1.807) is 36.4 Å². The van der Waals surface area contributed by atoms with Crippen LogP contribution < -0.4 is 4.90 Å². The smallest absolute Gasteiger partial charge is 0.288 e. The number of nitro groups is 1. The van der Waals surface area contributed by atoms with Crippen molar-refractivity contribution in [3.05, 3.63) is 84.4 Å². The van der Waals surface area contributed by atoms with Gasteiger partial charge in [-0.15, -0.1) is 0 Å². The van der Waals surface area contributed by atoms with Gasteiger partial charge in [-0.3, -0.25) is 19.8 Å². The van der Waals surface area contributed by atoms with Crippen LogP contribution in [0.3, 0.4) is 0 Å². The van der Waals surface area contributed by atoms with E-state index in [2.05, 4.69) is 0 Å². The molecule has 0 aliphatic carbocycles. The first-order valence-electron chi connectivity index (χ1n) is 8.52. The van der Waals surface area contributed by atoms with E-state index < -0.39 is 4.92 Å². The van der Waals surface area contributed by atoms with Crippen LogP contribution in [0.5, 0.6) is 0 Å². The first kappa shape index (κ1) is 21.9. The number of thiocarbonyl (C=S) groups is 1. The number of anilines is 1. The summed E-state index contributed by atoms with van der Waals surface area (Å²) in [5.41, 5.74) is 0.694. The summed E-state index contributed by atoms with van der Waals surface area (Å²) in [7, 11) is 0. The van der Waals surface area contributed by atoms with Crippen molar-refractivity contribution in [2.24, 2.45) is 0 Å². The van der Waals surface area contributed by atoms with Crippen LogP contribution in [0.2, 0.25) is 15.1 Å². The fourth-order valence-corrected chi connectivity index (χ4v) is 4.80. The van der Waals surface area contributed by atoms with Gasteiger partial charge in [-0.2, -0.15) is 0 Å². The van der Waals surface area contributed by atoms with Gasteiger partial charge in [0.15, 0.2) is 4.32 Å². The lowest BCUT2D eigenvalue weighted by molar-refractivity contribution is -0.384. The fraction of sp³-hybridized carbons (Fsp3) is 0. The molecule has 0 radical (unpaired) electrons. The molecule has 2 heterocycles. The molecule has 11 heteroatoms. The van der Waals surface area contributed by atoms with E-state index in [4.69, 9.17) is 51.4 Å². The van der Waals surface area contributed by atoms with Gasteiger partial charge in [-0.05, 0) is 42.5 Å². The quantitative estimate of drug-likeness (QED) is 0.159. The van der Waals surface area contributed by atoms with Crippen molar-refractivity contribution >= 4 is 86.5 Å². The number of hydrogen-bond donors (Lipinski definition) is 0. The third-order valence-corrected chi connectivity index (χ3v) is 6.43. The second kappa shape index (κ2) is 8.64. The molecule has 1 amide bonds. The fourth-order valence-electron chi connectivity index (χ4n) is 2.86. The number of halogens is 3. The molecule has 0 saturated carbocycles. The first-order chi connectivity index (χ1) is 14.7. The highest BCUT2D eigenvalue weighted by Gasteiger charge is 2.34. The topological polar surface area (TPSA) is 76.6 Å². The van der Waals surface area contributed by atoms with E-state index in [1.807, 2.05) is 0 Å². The molecule has 6 nitrogen and oxygen atoms in total. The minimum atomic E-state index is -0.567. The summed E-state index contributed by atoms with van der Waals surface area (Å²) in [5.74, 6) is 0.428. The Morgan fingerprint density at radius 3 is 2.55 bits per heavy atom. The minimum absolute atomic E-state index is 0.0325. The first-order valence-corrected chi connectivity index (χ1v) is 10.9.